The number of ether oxygens (including phenoxy) is 3. The first-order valence-corrected chi connectivity index (χ1v) is 29.0. The molecule has 2 bridgehead atoms. The highest BCUT2D eigenvalue weighted by atomic mass is 32.1. The number of nitrogens with zero attached hydrogens (tertiary/aromatic N) is 9. The van der Waals surface area contributed by atoms with Gasteiger partial charge in [-0.25, -0.2) is 9.97 Å². The van der Waals surface area contributed by atoms with Crippen molar-refractivity contribution in [2.45, 2.75) is 127 Å². The van der Waals surface area contributed by atoms with Crippen LogP contribution in [0.5, 0.6) is 17.5 Å². The average molecular weight is 1090 g/mol. The van der Waals surface area contributed by atoms with Crippen LogP contribution in [-0.4, -0.2) is 146 Å². The normalized spacial score (nSPS) is 26.3. The van der Waals surface area contributed by atoms with Gasteiger partial charge in [-0.2, -0.15) is 0 Å². The van der Waals surface area contributed by atoms with Gasteiger partial charge >= 0.3 is 0 Å². The van der Waals surface area contributed by atoms with E-state index in [1.54, 1.807) is 29.5 Å². The molecule has 20 heteroatoms. The monoisotopic (exact) mass is 1090 g/mol. The fraction of sp³-hybridized carbons (Fsp3) is 0.508. The minimum Gasteiger partial charge on any atom is -0.507 e. The van der Waals surface area contributed by atoms with Gasteiger partial charge in [-0.1, -0.05) is 50.2 Å². The van der Waals surface area contributed by atoms with Gasteiger partial charge in [-0.15, -0.1) is 21.5 Å². The van der Waals surface area contributed by atoms with Crippen molar-refractivity contribution in [3.8, 4) is 39.2 Å². The first-order valence-electron chi connectivity index (χ1n) is 28.1. The number of aryl methyl sites for hydroxylation is 1. The number of pyridine rings is 1. The molecule has 6 fully saturated rings. The van der Waals surface area contributed by atoms with Crippen molar-refractivity contribution in [3.05, 3.63) is 102 Å². The van der Waals surface area contributed by atoms with Gasteiger partial charge in [0.25, 0.3) is 5.88 Å². The Bertz CT molecular complexity index is 3100. The zero-order valence-electron chi connectivity index (χ0n) is 45.3. The van der Waals surface area contributed by atoms with Crippen LogP contribution < -0.4 is 30.3 Å². The van der Waals surface area contributed by atoms with Crippen LogP contribution in [0.4, 0.5) is 17.2 Å². The first kappa shape index (κ1) is 52.8. The third kappa shape index (κ3) is 11.1. The zero-order chi connectivity index (χ0) is 54.5. The Balaban J connectivity index is 0.567. The van der Waals surface area contributed by atoms with E-state index >= 15 is 0 Å². The smallest absolute Gasteiger partial charge is 0.254 e. The molecule has 4 unspecified atom stereocenters. The number of fused-ring (bicyclic) bond motifs is 3. The Hall–Kier alpha value is -6.87. The van der Waals surface area contributed by atoms with Gasteiger partial charge in [0.05, 0.1) is 51.8 Å². The lowest BCUT2D eigenvalue weighted by atomic mass is 9.91. The highest BCUT2D eigenvalue weighted by Crippen LogP contribution is 2.43. The zero-order valence-corrected chi connectivity index (χ0v) is 46.1. The van der Waals surface area contributed by atoms with Crippen molar-refractivity contribution < 1.29 is 38.5 Å². The number of nitrogen functional groups attached to an aromatic ring is 1. The van der Waals surface area contributed by atoms with E-state index in [0.29, 0.717) is 65.1 Å². The number of carbonyl (C=O) groups is 2. The summed E-state index contributed by atoms with van der Waals surface area (Å²) in [7, 11) is 0. The molecular formula is C59H71N11O8S. The number of likely N-dealkylation sites (tertiary alicyclic amines) is 2. The molecule has 5 N–H and O–H groups in total. The van der Waals surface area contributed by atoms with E-state index in [1.807, 2.05) is 81.9 Å². The topological polar surface area (TPSA) is 231 Å². The van der Waals surface area contributed by atoms with Crippen molar-refractivity contribution in [2.75, 3.05) is 61.4 Å². The van der Waals surface area contributed by atoms with E-state index in [-0.39, 0.29) is 60.8 Å². The van der Waals surface area contributed by atoms with Crippen LogP contribution >= 0.6 is 11.3 Å². The molecule has 2 aromatic carbocycles. The molecule has 19 nitrogen and oxygen atoms in total. The summed E-state index contributed by atoms with van der Waals surface area (Å²) in [5, 5.41) is 37.1. The summed E-state index contributed by atoms with van der Waals surface area (Å²) in [6, 6.07) is 22.5. The number of piperazine rings is 1. The van der Waals surface area contributed by atoms with E-state index in [0.717, 1.165) is 104 Å². The predicted octanol–water partition coefficient (Wildman–Crippen LogP) is 7.40. The van der Waals surface area contributed by atoms with Crippen molar-refractivity contribution in [1.82, 2.24) is 40.4 Å². The van der Waals surface area contributed by atoms with Crippen LogP contribution in [-0.2, 0) is 14.3 Å². The van der Waals surface area contributed by atoms with Crippen molar-refractivity contribution in [2.24, 2.45) is 17.8 Å². The van der Waals surface area contributed by atoms with Crippen LogP contribution in [0.15, 0.2) is 89.0 Å². The highest BCUT2D eigenvalue weighted by Gasteiger charge is 2.46. The summed E-state index contributed by atoms with van der Waals surface area (Å²) in [4.78, 5) is 46.9. The lowest BCUT2D eigenvalue weighted by molar-refractivity contribution is -0.141. The molecule has 12 rings (SSSR count). The maximum Gasteiger partial charge on any atom is 0.254 e. The van der Waals surface area contributed by atoms with E-state index in [9.17, 15) is 19.8 Å². The Kier molecular flexibility index (Phi) is 14.9. The number of carbonyl (C=O) groups excluding carboxylic acids is 2. The number of thiazole rings is 1. The van der Waals surface area contributed by atoms with Gasteiger partial charge in [0, 0.05) is 100 Å². The lowest BCUT2D eigenvalue weighted by Gasteiger charge is -2.43. The number of β-amino-alcohol motifs (C(OH)–C–C–N with tert-alkyl or cyclic N) is 1. The van der Waals surface area contributed by atoms with Crippen molar-refractivity contribution in [1.29, 1.82) is 0 Å². The first-order chi connectivity index (χ1) is 38.3. The number of aliphatic hydroxyl groups excluding tert-OH is 1. The molecule has 8 heterocycles. The van der Waals surface area contributed by atoms with Crippen LogP contribution in [0.1, 0.15) is 94.7 Å². The summed E-state index contributed by atoms with van der Waals surface area (Å²) in [5.41, 5.74) is 14.4. The Morgan fingerprint density at radius 2 is 1.61 bits per heavy atom. The fourth-order valence-electron chi connectivity index (χ4n) is 13.3. The quantitative estimate of drug-likeness (QED) is 0.0657. The summed E-state index contributed by atoms with van der Waals surface area (Å²) in [5.74, 6) is 1.58. The summed E-state index contributed by atoms with van der Waals surface area (Å²) in [6.45, 7) is 12.6. The molecule has 2 amide bonds. The summed E-state index contributed by atoms with van der Waals surface area (Å²) in [6.07, 6.45) is 7.68. The molecule has 4 saturated heterocycles. The molecule has 0 spiro atoms. The number of aliphatic hydroxyl groups is 1. The minimum atomic E-state index is -0.825. The molecule has 6 aromatic rings. The Morgan fingerprint density at radius 3 is 2.33 bits per heavy atom. The van der Waals surface area contributed by atoms with Crippen LogP contribution in [0.3, 0.4) is 0 Å². The number of benzene rings is 2. The van der Waals surface area contributed by atoms with Crippen molar-refractivity contribution in [3.63, 3.8) is 0 Å². The van der Waals surface area contributed by atoms with Gasteiger partial charge in [-0.05, 0) is 97.8 Å². The number of hydrogen-bond donors (Lipinski definition) is 4. The number of aromatic nitrogens is 5. The van der Waals surface area contributed by atoms with Crippen LogP contribution in [0.2, 0.25) is 0 Å². The standard InChI is InChI=1S/C59H71N11O8S/c1-33(2)55(59(74)69-31-43(71)22-50(69)58(73)63-34(3)36-9-11-37(12-10-36)56-35(4)62-32-79-56)52-26-54(66-78-52)75-18-17-67-27-38-19-44(20-39(38)28-67)76-45-23-46(24-45)77-53-21-40(15-16-61-53)70-41-13-14-42(70)30-68(29-41)49-25-48(64-65-57(49)60)47-7-5-6-8-51(47)72/h5-12,15-16,21,25-26,32-34,38-39,41-46,50,55,71-72H,13-14,17-20,22-24,27-31H2,1-4H3,(H2,60,65)(H,63,73)/t34-,38+,39?,41?,42?,43+,44?,45?,46?,50-,55+/m0/s1. The Labute approximate surface area is 464 Å². The number of hydrogen-bond acceptors (Lipinski definition) is 18. The number of phenols is 1. The maximum absolute atomic E-state index is 14.3. The number of nitrogens with one attached hydrogen (secondary N) is 1. The van der Waals surface area contributed by atoms with E-state index in [2.05, 4.69) is 57.5 Å². The number of phenolic OH excluding ortho intramolecular Hbond substituents is 1. The molecule has 2 saturated carbocycles. The SMILES string of the molecule is Cc1ncsc1-c1ccc([C@H](C)NC(=O)[C@@H]2C[C@@H](O)CN2C(=O)[C@@H](c2cc(OCCN3CC4CC(OC5CC(Oc6cc(N7C8CCC7CN(c7cc(-c9ccccc9O)nnc7N)C8)ccn6)C5)C[C@@H]4C3)no2)C(C)C)cc1. The van der Waals surface area contributed by atoms with Gasteiger partial charge < -0.3 is 54.7 Å². The third-order valence-electron chi connectivity index (χ3n) is 17.4. The second-order valence-corrected chi connectivity index (χ2v) is 23.9. The lowest BCUT2D eigenvalue weighted by Crippen LogP contribution is -2.54. The molecule has 4 aliphatic heterocycles. The van der Waals surface area contributed by atoms with Gasteiger partial charge in [0.15, 0.2) is 11.6 Å². The summed E-state index contributed by atoms with van der Waals surface area (Å²) < 4.78 is 25.0. The molecule has 6 aliphatic rings. The number of para-hydroxylation sites is 1. The predicted molar refractivity (Wildman–Crippen MR) is 299 cm³/mol. The number of rotatable bonds is 18. The average Bonchev–Trinajstić information content (AvgIpc) is 4.32. The molecule has 4 aromatic heterocycles. The van der Waals surface area contributed by atoms with Gasteiger partial charge in [-0.3, -0.25) is 14.5 Å². The molecule has 0 radical (unpaired) electrons. The minimum absolute atomic E-state index is 0.0578. The Morgan fingerprint density at radius 1 is 0.861 bits per heavy atom. The molecule has 79 heavy (non-hydrogen) atoms. The summed E-state index contributed by atoms with van der Waals surface area (Å²) >= 11 is 1.59. The maximum atomic E-state index is 14.3. The number of anilines is 3. The molecule has 416 valence electrons. The highest BCUT2D eigenvalue weighted by molar-refractivity contribution is 7.13. The third-order valence-corrected chi connectivity index (χ3v) is 18.4. The van der Waals surface area contributed by atoms with E-state index in [1.165, 1.54) is 4.90 Å². The van der Waals surface area contributed by atoms with Gasteiger partial charge in [0.2, 0.25) is 17.7 Å². The van der Waals surface area contributed by atoms with E-state index < -0.39 is 18.1 Å². The molecule has 9 atom stereocenters. The van der Waals surface area contributed by atoms with Crippen LogP contribution in [0, 0.1) is 24.7 Å². The second-order valence-electron chi connectivity index (χ2n) is 23.1. The number of aromatic hydroxyl groups is 1. The number of amides is 2. The van der Waals surface area contributed by atoms with Crippen LogP contribution in [0.25, 0.3) is 21.7 Å². The molecular weight excluding hydrogens is 1020 g/mol. The van der Waals surface area contributed by atoms with E-state index in [4.69, 9.17) is 24.5 Å². The second kappa shape index (κ2) is 22.3. The molecule has 2 aliphatic carbocycles. The van der Waals surface area contributed by atoms with Gasteiger partial charge in [0.1, 0.15) is 30.4 Å². The number of nitrogens with two attached hydrogens (primary N) is 1. The largest absolute Gasteiger partial charge is 0.507 e. The van der Waals surface area contributed by atoms with Crippen molar-refractivity contribution >= 4 is 40.3 Å². The fourth-order valence-corrected chi connectivity index (χ4v) is 14.1.